The summed E-state index contributed by atoms with van der Waals surface area (Å²) in [5, 5.41) is 2.68. The lowest BCUT2D eigenvalue weighted by Gasteiger charge is -2.13. The molecule has 0 aliphatic carbocycles. The molecule has 164 valence electrons. The molecule has 3 rings (SSSR count). The molecule has 2 aromatic heterocycles. The molecular weight excluding hydrogens is 440 g/mol. The number of nitrogens with one attached hydrogen (secondary N) is 1. The molecule has 10 heteroatoms. The Kier molecular flexibility index (Phi) is 7.11. The summed E-state index contributed by atoms with van der Waals surface area (Å²) in [6.07, 6.45) is 7.65. The summed E-state index contributed by atoms with van der Waals surface area (Å²) >= 11 is 4.75. The van der Waals surface area contributed by atoms with Crippen LogP contribution in [0.2, 0.25) is 0 Å². The molecule has 0 saturated carbocycles. The lowest BCUT2D eigenvalue weighted by atomic mass is 10.0. The summed E-state index contributed by atoms with van der Waals surface area (Å²) in [6, 6.07) is 10.6. The molecular formula is C22H18ClF2N5O2. The number of rotatable bonds is 7. The Morgan fingerprint density at radius 2 is 2.00 bits per heavy atom. The maximum absolute atomic E-state index is 12.8. The summed E-state index contributed by atoms with van der Waals surface area (Å²) in [5.41, 5.74) is 4.77. The fraction of sp³-hybridized carbons (Fsp3) is 0.0909. The Morgan fingerprint density at radius 1 is 1.25 bits per heavy atom. The topological polar surface area (TPSA) is 102 Å². The SMILES string of the molecule is CN=C(C=CN)c1ncc(C(=O)Nc2ccc(OC(F)(F)Cl)cc2)cc1-c1cccnc1. The average molecular weight is 458 g/mol. The number of nitrogens with two attached hydrogens (primary N) is 1. The number of halogens is 3. The van der Waals surface area contributed by atoms with E-state index in [1.807, 2.05) is 6.07 Å². The normalized spacial score (nSPS) is 12.1. The highest BCUT2D eigenvalue weighted by Gasteiger charge is 2.27. The second-order valence-corrected chi connectivity index (χ2v) is 6.80. The minimum absolute atomic E-state index is 0.146. The Hall–Kier alpha value is -3.85. The van der Waals surface area contributed by atoms with Gasteiger partial charge in [-0.25, -0.2) is 0 Å². The van der Waals surface area contributed by atoms with E-state index >= 15 is 0 Å². The number of carbonyl (C=O) groups excluding carboxylic acids is 1. The van der Waals surface area contributed by atoms with E-state index < -0.39 is 11.5 Å². The molecule has 32 heavy (non-hydrogen) atoms. The van der Waals surface area contributed by atoms with Crippen molar-refractivity contribution in [3.8, 4) is 16.9 Å². The summed E-state index contributed by atoms with van der Waals surface area (Å²) < 4.78 is 29.7. The van der Waals surface area contributed by atoms with Crippen LogP contribution in [0.25, 0.3) is 11.1 Å². The van der Waals surface area contributed by atoms with Crippen LogP contribution in [0, 0.1) is 0 Å². The third kappa shape index (κ3) is 5.86. The number of aromatic nitrogens is 2. The molecule has 0 atom stereocenters. The first-order valence-electron chi connectivity index (χ1n) is 9.24. The van der Waals surface area contributed by atoms with Crippen LogP contribution >= 0.6 is 11.6 Å². The third-order valence-corrected chi connectivity index (χ3v) is 4.28. The van der Waals surface area contributed by atoms with E-state index in [-0.39, 0.29) is 11.3 Å². The van der Waals surface area contributed by atoms with Gasteiger partial charge in [0, 0.05) is 54.1 Å². The minimum atomic E-state index is -3.82. The zero-order valence-corrected chi connectivity index (χ0v) is 17.6. The first-order valence-corrected chi connectivity index (χ1v) is 9.61. The molecule has 7 nitrogen and oxygen atoms in total. The van der Waals surface area contributed by atoms with E-state index in [1.54, 1.807) is 37.7 Å². The number of anilines is 1. The fourth-order valence-electron chi connectivity index (χ4n) is 2.83. The molecule has 3 aromatic rings. The van der Waals surface area contributed by atoms with Crippen LogP contribution in [0.3, 0.4) is 0 Å². The highest BCUT2D eigenvalue weighted by atomic mass is 35.5. The Labute approximate surface area is 187 Å². The largest absolute Gasteiger partial charge is 0.487 e. The zero-order chi connectivity index (χ0) is 23.1. The van der Waals surface area contributed by atoms with Gasteiger partial charge < -0.3 is 15.8 Å². The van der Waals surface area contributed by atoms with E-state index in [4.69, 9.17) is 17.3 Å². The van der Waals surface area contributed by atoms with Crippen molar-refractivity contribution in [1.82, 2.24) is 9.97 Å². The van der Waals surface area contributed by atoms with Gasteiger partial charge in [-0.15, -0.1) is 8.78 Å². The number of hydrogen-bond acceptors (Lipinski definition) is 6. The Balaban J connectivity index is 1.90. The van der Waals surface area contributed by atoms with Crippen molar-refractivity contribution in [3.63, 3.8) is 0 Å². The molecule has 1 amide bonds. The zero-order valence-electron chi connectivity index (χ0n) is 16.8. The van der Waals surface area contributed by atoms with Crippen LogP contribution in [0.1, 0.15) is 16.1 Å². The molecule has 0 spiro atoms. The lowest BCUT2D eigenvalue weighted by molar-refractivity contribution is -0.0964. The number of amides is 1. The molecule has 0 saturated heterocycles. The van der Waals surface area contributed by atoms with Gasteiger partial charge >= 0.3 is 5.57 Å². The maximum Gasteiger partial charge on any atom is 0.487 e. The number of aliphatic imine (C=N–C) groups is 1. The smallest absolute Gasteiger partial charge is 0.420 e. The van der Waals surface area contributed by atoms with Crippen LogP contribution in [-0.2, 0) is 0 Å². The van der Waals surface area contributed by atoms with Gasteiger partial charge in [-0.05, 0) is 48.7 Å². The summed E-state index contributed by atoms with van der Waals surface area (Å²) in [6.45, 7) is 0. The predicted molar refractivity (Wildman–Crippen MR) is 119 cm³/mol. The quantitative estimate of drug-likeness (QED) is 0.403. The molecule has 0 bridgehead atoms. The van der Waals surface area contributed by atoms with Gasteiger partial charge in [-0.2, -0.15) is 0 Å². The highest BCUT2D eigenvalue weighted by molar-refractivity contribution is 6.20. The van der Waals surface area contributed by atoms with Crippen molar-refractivity contribution >= 4 is 28.9 Å². The highest BCUT2D eigenvalue weighted by Crippen LogP contribution is 2.27. The van der Waals surface area contributed by atoms with Gasteiger partial charge in [0.15, 0.2) is 0 Å². The van der Waals surface area contributed by atoms with E-state index in [2.05, 4.69) is 25.0 Å². The van der Waals surface area contributed by atoms with Crippen molar-refractivity contribution in [2.75, 3.05) is 12.4 Å². The van der Waals surface area contributed by atoms with Crippen molar-refractivity contribution in [1.29, 1.82) is 0 Å². The molecule has 0 fully saturated rings. The molecule has 3 N–H and O–H groups in total. The monoisotopic (exact) mass is 457 g/mol. The fourth-order valence-corrected chi connectivity index (χ4v) is 2.92. The van der Waals surface area contributed by atoms with Crippen molar-refractivity contribution < 1.29 is 18.3 Å². The van der Waals surface area contributed by atoms with Crippen molar-refractivity contribution in [2.45, 2.75) is 5.57 Å². The van der Waals surface area contributed by atoms with Gasteiger partial charge in [-0.3, -0.25) is 19.8 Å². The third-order valence-electron chi connectivity index (χ3n) is 4.21. The van der Waals surface area contributed by atoms with Gasteiger partial charge in [0.2, 0.25) is 0 Å². The van der Waals surface area contributed by atoms with Crippen LogP contribution in [0.15, 0.2) is 78.3 Å². The Morgan fingerprint density at radius 3 is 2.59 bits per heavy atom. The summed E-state index contributed by atoms with van der Waals surface area (Å²) in [7, 11) is 1.61. The maximum atomic E-state index is 12.8. The standard InChI is InChI=1S/C22H18ClF2N5O2/c1-27-19(8-9-26)20-18(14-3-2-10-28-12-14)11-15(13-29-20)21(31)30-16-4-6-17(7-5-16)32-22(23,24)25/h2-13H,26H2,1H3,(H,30,31). The number of alkyl halides is 3. The number of allylic oxidation sites excluding steroid dienone is 1. The number of hydrogen-bond donors (Lipinski definition) is 2. The molecule has 1 aromatic carbocycles. The first kappa shape index (κ1) is 22.8. The van der Waals surface area contributed by atoms with Gasteiger partial charge in [0.25, 0.3) is 5.91 Å². The van der Waals surface area contributed by atoms with Crippen LogP contribution in [0.4, 0.5) is 14.5 Å². The second-order valence-electron chi connectivity index (χ2n) is 6.36. The summed E-state index contributed by atoms with van der Waals surface area (Å²) in [4.78, 5) is 25.5. The number of carbonyl (C=O) groups is 1. The van der Waals surface area contributed by atoms with E-state index in [0.717, 1.165) is 5.56 Å². The van der Waals surface area contributed by atoms with Gasteiger partial charge in [0.05, 0.1) is 17.0 Å². The minimum Gasteiger partial charge on any atom is -0.420 e. The van der Waals surface area contributed by atoms with Crippen LogP contribution in [-0.4, -0.2) is 34.2 Å². The summed E-state index contributed by atoms with van der Waals surface area (Å²) in [5.74, 6) is -0.595. The number of ether oxygens (including phenoxy) is 1. The second kappa shape index (κ2) is 9.97. The molecule has 0 aliphatic rings. The van der Waals surface area contributed by atoms with Crippen LogP contribution < -0.4 is 15.8 Å². The lowest BCUT2D eigenvalue weighted by Crippen LogP contribution is -2.16. The average Bonchev–Trinajstić information content (AvgIpc) is 2.78. The number of nitrogens with zero attached hydrogens (tertiary/aromatic N) is 3. The number of benzene rings is 1. The molecule has 0 aliphatic heterocycles. The molecule has 2 heterocycles. The number of pyridine rings is 2. The van der Waals surface area contributed by atoms with E-state index in [9.17, 15) is 13.6 Å². The van der Waals surface area contributed by atoms with E-state index in [0.29, 0.717) is 22.7 Å². The molecule has 0 radical (unpaired) electrons. The van der Waals surface area contributed by atoms with E-state index in [1.165, 1.54) is 36.7 Å². The Bertz CT molecular complexity index is 1150. The molecule has 0 unspecified atom stereocenters. The van der Waals surface area contributed by atoms with Crippen LogP contribution in [0.5, 0.6) is 5.75 Å². The van der Waals surface area contributed by atoms with Crippen molar-refractivity contribution in [2.24, 2.45) is 10.7 Å². The van der Waals surface area contributed by atoms with Crippen molar-refractivity contribution in [3.05, 3.63) is 84.6 Å². The van der Waals surface area contributed by atoms with Gasteiger partial charge in [-0.1, -0.05) is 6.07 Å². The first-order chi connectivity index (χ1) is 15.3. The van der Waals surface area contributed by atoms with Gasteiger partial charge in [0.1, 0.15) is 5.75 Å². The predicted octanol–water partition coefficient (Wildman–Crippen LogP) is 4.46.